The van der Waals surface area contributed by atoms with Gasteiger partial charge in [-0.25, -0.2) is 0 Å². The van der Waals surface area contributed by atoms with Crippen LogP contribution < -0.4 is 15.8 Å². The summed E-state index contributed by atoms with van der Waals surface area (Å²) >= 11 is 0. The average molecular weight is 387 g/mol. The summed E-state index contributed by atoms with van der Waals surface area (Å²) in [6, 6.07) is 6.17. The number of anilines is 1. The molecule has 4 rings (SSSR count). The van der Waals surface area contributed by atoms with Crippen molar-refractivity contribution in [1.82, 2.24) is 15.1 Å². The molecular weight excluding hydrogens is 352 g/mol. The van der Waals surface area contributed by atoms with Crippen molar-refractivity contribution in [3.8, 4) is 5.75 Å². The van der Waals surface area contributed by atoms with Crippen LogP contribution in [0.15, 0.2) is 18.2 Å². The van der Waals surface area contributed by atoms with Gasteiger partial charge in [0, 0.05) is 50.4 Å². The molecule has 1 heterocycles. The van der Waals surface area contributed by atoms with Crippen LogP contribution in [-0.4, -0.2) is 67.6 Å². The molecule has 6 nitrogen and oxygen atoms in total. The predicted octanol–water partition coefficient (Wildman–Crippen LogP) is 2.35. The maximum Gasteiger partial charge on any atom is 0.251 e. The Balaban J connectivity index is 1.21. The van der Waals surface area contributed by atoms with E-state index in [0.717, 1.165) is 18.8 Å². The first-order valence-electron chi connectivity index (χ1n) is 10.8. The van der Waals surface area contributed by atoms with Crippen molar-refractivity contribution >= 4 is 11.6 Å². The van der Waals surface area contributed by atoms with Crippen LogP contribution in [0.25, 0.3) is 0 Å². The lowest BCUT2D eigenvalue weighted by molar-refractivity contribution is 0.0694. The summed E-state index contributed by atoms with van der Waals surface area (Å²) in [6.45, 7) is 6.19. The predicted molar refractivity (Wildman–Crippen MR) is 112 cm³/mol. The molecule has 2 saturated carbocycles. The van der Waals surface area contributed by atoms with Gasteiger partial charge in [0.25, 0.3) is 5.91 Å². The van der Waals surface area contributed by atoms with Crippen molar-refractivity contribution < 1.29 is 9.53 Å². The molecule has 3 fully saturated rings. The zero-order chi connectivity index (χ0) is 19.5. The molecular formula is C22H34N4O2. The number of rotatable bonds is 6. The molecule has 0 aromatic heterocycles. The maximum absolute atomic E-state index is 12.6. The van der Waals surface area contributed by atoms with Crippen LogP contribution in [0.3, 0.4) is 0 Å². The lowest BCUT2D eigenvalue weighted by Gasteiger charge is -2.42. The number of nitrogens with two attached hydrogens (primary N) is 1. The molecule has 28 heavy (non-hydrogen) atoms. The molecule has 1 aromatic rings. The fourth-order valence-electron chi connectivity index (χ4n) is 4.68. The molecule has 0 atom stereocenters. The number of hydrogen-bond acceptors (Lipinski definition) is 5. The van der Waals surface area contributed by atoms with Crippen molar-refractivity contribution in [3.63, 3.8) is 0 Å². The molecule has 0 unspecified atom stereocenters. The topological polar surface area (TPSA) is 70.8 Å². The van der Waals surface area contributed by atoms with E-state index in [4.69, 9.17) is 10.5 Å². The van der Waals surface area contributed by atoms with Crippen molar-refractivity contribution in [2.75, 3.05) is 45.6 Å². The summed E-state index contributed by atoms with van der Waals surface area (Å²) in [5, 5.41) is 3.20. The summed E-state index contributed by atoms with van der Waals surface area (Å²) in [5.74, 6) is 1.51. The quantitative estimate of drug-likeness (QED) is 0.735. The largest absolute Gasteiger partial charge is 0.495 e. The highest BCUT2D eigenvalue weighted by molar-refractivity contribution is 5.95. The number of nitrogen functional groups attached to an aromatic ring is 1. The summed E-state index contributed by atoms with van der Waals surface area (Å²) < 4.78 is 5.23. The summed E-state index contributed by atoms with van der Waals surface area (Å²) in [6.07, 6.45) is 7.37. The molecule has 3 N–H and O–H groups in total. The molecule has 1 aromatic carbocycles. The van der Waals surface area contributed by atoms with Gasteiger partial charge in [0.15, 0.2) is 0 Å². The minimum Gasteiger partial charge on any atom is -0.495 e. The zero-order valence-corrected chi connectivity index (χ0v) is 17.0. The molecule has 3 aliphatic rings. The number of ether oxygens (including phenoxy) is 1. The first-order valence-corrected chi connectivity index (χ1v) is 10.8. The van der Waals surface area contributed by atoms with E-state index in [9.17, 15) is 4.79 Å². The third-order valence-electron chi connectivity index (χ3n) is 6.66. The molecule has 2 aliphatic carbocycles. The van der Waals surface area contributed by atoms with Crippen LogP contribution in [0.5, 0.6) is 5.75 Å². The number of carbonyl (C=O) groups excluding carboxylic acids is 1. The first-order chi connectivity index (χ1) is 13.6. The second-order valence-corrected chi connectivity index (χ2v) is 8.72. The molecule has 6 heteroatoms. The van der Waals surface area contributed by atoms with Gasteiger partial charge >= 0.3 is 0 Å². The number of nitrogens with zero attached hydrogens (tertiary/aromatic N) is 2. The van der Waals surface area contributed by atoms with Crippen LogP contribution in [0, 0.1) is 5.92 Å². The second kappa shape index (κ2) is 8.70. The number of piperazine rings is 1. The smallest absolute Gasteiger partial charge is 0.251 e. The third-order valence-corrected chi connectivity index (χ3v) is 6.66. The Bertz CT molecular complexity index is 675. The average Bonchev–Trinajstić information content (AvgIpc) is 3.53. The molecule has 1 amide bonds. The van der Waals surface area contributed by atoms with Gasteiger partial charge in [0.1, 0.15) is 5.75 Å². The fraction of sp³-hybridized carbons (Fsp3) is 0.682. The van der Waals surface area contributed by atoms with Gasteiger partial charge in [-0.3, -0.25) is 9.69 Å². The first kappa shape index (κ1) is 19.5. The monoisotopic (exact) mass is 386 g/mol. The highest BCUT2D eigenvalue weighted by Crippen LogP contribution is 2.31. The standard InChI is InChI=1S/C22H34N4O2/c1-28-21-14-17(4-9-20(21)23)22(27)24-18-5-7-19(8-6-18)26-12-10-25(11-13-26)15-16-2-3-16/h4,9,14,16,18-19H,2-3,5-8,10-13,15,23H2,1H3,(H,24,27)/t18-,19-. The van der Waals surface area contributed by atoms with E-state index in [1.807, 2.05) is 0 Å². The van der Waals surface area contributed by atoms with Crippen LogP contribution in [0.4, 0.5) is 5.69 Å². The van der Waals surface area contributed by atoms with Gasteiger partial charge < -0.3 is 20.7 Å². The number of nitrogens with one attached hydrogen (secondary N) is 1. The number of benzene rings is 1. The van der Waals surface area contributed by atoms with Crippen LogP contribution in [0.2, 0.25) is 0 Å². The van der Waals surface area contributed by atoms with Gasteiger partial charge in [-0.05, 0) is 62.6 Å². The van der Waals surface area contributed by atoms with E-state index >= 15 is 0 Å². The minimum absolute atomic E-state index is 0.0320. The number of carbonyl (C=O) groups is 1. The molecule has 0 bridgehead atoms. The van der Waals surface area contributed by atoms with Crippen molar-refractivity contribution in [3.05, 3.63) is 23.8 Å². The van der Waals surface area contributed by atoms with Gasteiger partial charge in [0.2, 0.25) is 0 Å². The van der Waals surface area contributed by atoms with Gasteiger partial charge in [-0.1, -0.05) is 0 Å². The van der Waals surface area contributed by atoms with E-state index in [0.29, 0.717) is 23.0 Å². The van der Waals surface area contributed by atoms with Gasteiger partial charge in [-0.2, -0.15) is 0 Å². The molecule has 1 aliphatic heterocycles. The lowest BCUT2D eigenvalue weighted by atomic mass is 9.89. The minimum atomic E-state index is -0.0320. The highest BCUT2D eigenvalue weighted by atomic mass is 16.5. The molecule has 154 valence electrons. The third kappa shape index (κ3) is 4.78. The summed E-state index contributed by atoms with van der Waals surface area (Å²) in [7, 11) is 1.57. The molecule has 0 spiro atoms. The van der Waals surface area contributed by atoms with Crippen molar-refractivity contribution in [1.29, 1.82) is 0 Å². The van der Waals surface area contributed by atoms with E-state index in [2.05, 4.69) is 15.1 Å². The number of amides is 1. The Morgan fingerprint density at radius 3 is 2.46 bits per heavy atom. The van der Waals surface area contributed by atoms with E-state index in [1.54, 1.807) is 25.3 Å². The van der Waals surface area contributed by atoms with E-state index in [1.165, 1.54) is 58.4 Å². The van der Waals surface area contributed by atoms with Crippen molar-refractivity contribution in [2.24, 2.45) is 5.92 Å². The Labute approximate surface area is 168 Å². The summed E-state index contributed by atoms with van der Waals surface area (Å²) in [4.78, 5) is 17.9. The lowest BCUT2D eigenvalue weighted by Crippen LogP contribution is -2.52. The Kier molecular flexibility index (Phi) is 6.07. The van der Waals surface area contributed by atoms with Crippen LogP contribution in [-0.2, 0) is 0 Å². The molecule has 0 radical (unpaired) electrons. The fourth-order valence-corrected chi connectivity index (χ4v) is 4.68. The summed E-state index contributed by atoms with van der Waals surface area (Å²) in [5.41, 5.74) is 7.00. The normalized spacial score (nSPS) is 26.8. The van der Waals surface area contributed by atoms with Crippen LogP contribution in [0.1, 0.15) is 48.9 Å². The van der Waals surface area contributed by atoms with E-state index < -0.39 is 0 Å². The van der Waals surface area contributed by atoms with Gasteiger partial charge in [-0.15, -0.1) is 0 Å². The number of methoxy groups -OCH3 is 1. The van der Waals surface area contributed by atoms with Crippen molar-refractivity contribution in [2.45, 2.75) is 50.6 Å². The highest BCUT2D eigenvalue weighted by Gasteiger charge is 2.31. The van der Waals surface area contributed by atoms with E-state index in [-0.39, 0.29) is 11.9 Å². The zero-order valence-electron chi connectivity index (χ0n) is 17.0. The number of hydrogen-bond donors (Lipinski definition) is 2. The second-order valence-electron chi connectivity index (χ2n) is 8.72. The van der Waals surface area contributed by atoms with Crippen LogP contribution >= 0.6 is 0 Å². The maximum atomic E-state index is 12.6. The molecule has 1 saturated heterocycles. The Morgan fingerprint density at radius 2 is 1.82 bits per heavy atom. The SMILES string of the molecule is COc1cc(C(=O)N[C@H]2CC[C@H](N3CCN(CC4CC4)CC3)CC2)ccc1N. The van der Waals surface area contributed by atoms with Gasteiger partial charge in [0.05, 0.1) is 12.8 Å². The Hall–Kier alpha value is -1.79. The Morgan fingerprint density at radius 1 is 1.11 bits per heavy atom.